The predicted molar refractivity (Wildman–Crippen MR) is 81.8 cm³/mol. The van der Waals surface area contributed by atoms with Crippen LogP contribution in [0.1, 0.15) is 25.0 Å². The maximum Gasteiger partial charge on any atom is 0.325 e. The third-order valence-electron chi connectivity index (χ3n) is 3.86. The molecule has 0 atom stereocenters. The van der Waals surface area contributed by atoms with Gasteiger partial charge in [-0.2, -0.15) is 0 Å². The lowest BCUT2D eigenvalue weighted by Gasteiger charge is -2.16. The number of hydrogen-bond acceptors (Lipinski definition) is 4. The van der Waals surface area contributed by atoms with Crippen molar-refractivity contribution in [2.75, 3.05) is 13.1 Å². The molecule has 0 saturated carbocycles. The van der Waals surface area contributed by atoms with Crippen molar-refractivity contribution in [2.45, 2.75) is 32.4 Å². The van der Waals surface area contributed by atoms with E-state index in [1.165, 1.54) is 0 Å². The third kappa shape index (κ3) is 3.28. The maximum atomic E-state index is 11.9. The fourth-order valence-electron chi connectivity index (χ4n) is 2.79. The van der Waals surface area contributed by atoms with Crippen LogP contribution in [0.2, 0.25) is 0 Å². The standard InChI is InChI=1S/C16H19N3O4/c1-16(2)6-11-5-10(3-4-12(11)23-16)7-17-13(20)9-19-14(21)8-18-15(19)22/h3-5H,6-9H2,1-2H3,(H,17,20)(H,18,22). The van der Waals surface area contributed by atoms with E-state index < -0.39 is 6.03 Å². The summed E-state index contributed by atoms with van der Waals surface area (Å²) in [6, 6.07) is 5.29. The van der Waals surface area contributed by atoms with Crippen molar-refractivity contribution in [3.63, 3.8) is 0 Å². The number of nitrogens with one attached hydrogen (secondary N) is 2. The van der Waals surface area contributed by atoms with E-state index in [1.54, 1.807) is 0 Å². The van der Waals surface area contributed by atoms with Gasteiger partial charge in [0.2, 0.25) is 5.91 Å². The van der Waals surface area contributed by atoms with Gasteiger partial charge in [-0.1, -0.05) is 12.1 Å². The lowest BCUT2D eigenvalue weighted by atomic mass is 10.0. The zero-order chi connectivity index (χ0) is 16.6. The first-order valence-corrected chi connectivity index (χ1v) is 7.50. The van der Waals surface area contributed by atoms with E-state index in [0.29, 0.717) is 6.54 Å². The van der Waals surface area contributed by atoms with Crippen LogP contribution < -0.4 is 15.4 Å². The van der Waals surface area contributed by atoms with Crippen molar-refractivity contribution in [3.05, 3.63) is 29.3 Å². The number of carbonyl (C=O) groups is 3. The summed E-state index contributed by atoms with van der Waals surface area (Å²) in [7, 11) is 0. The molecule has 1 fully saturated rings. The molecule has 0 aliphatic carbocycles. The molecule has 2 heterocycles. The van der Waals surface area contributed by atoms with E-state index in [2.05, 4.69) is 10.6 Å². The number of carbonyl (C=O) groups excluding carboxylic acids is 3. The summed E-state index contributed by atoms with van der Waals surface area (Å²) in [5.41, 5.74) is 1.87. The summed E-state index contributed by atoms with van der Waals surface area (Å²) in [4.78, 5) is 35.6. The van der Waals surface area contributed by atoms with Crippen LogP contribution in [0.3, 0.4) is 0 Å². The summed E-state index contributed by atoms with van der Waals surface area (Å²) >= 11 is 0. The molecule has 1 aromatic carbocycles. The summed E-state index contributed by atoms with van der Waals surface area (Å²) in [6.07, 6.45) is 0.826. The second-order valence-electron chi connectivity index (χ2n) is 6.40. The van der Waals surface area contributed by atoms with Crippen LogP contribution in [0.15, 0.2) is 18.2 Å². The maximum absolute atomic E-state index is 11.9. The number of ether oxygens (including phenoxy) is 1. The molecule has 122 valence electrons. The van der Waals surface area contributed by atoms with Gasteiger partial charge in [0.15, 0.2) is 0 Å². The minimum atomic E-state index is -0.526. The van der Waals surface area contributed by atoms with Gasteiger partial charge < -0.3 is 15.4 Å². The second kappa shape index (κ2) is 5.57. The van der Waals surface area contributed by atoms with Crippen molar-refractivity contribution in [1.29, 1.82) is 0 Å². The summed E-state index contributed by atoms with van der Waals surface area (Å²) in [5.74, 6) is 0.124. The Morgan fingerprint density at radius 2 is 2.17 bits per heavy atom. The molecule has 1 aromatic rings. The van der Waals surface area contributed by atoms with Gasteiger partial charge in [-0.05, 0) is 31.0 Å². The molecular formula is C16H19N3O4. The largest absolute Gasteiger partial charge is 0.487 e. The van der Waals surface area contributed by atoms with Gasteiger partial charge >= 0.3 is 6.03 Å². The number of urea groups is 1. The lowest BCUT2D eigenvalue weighted by Crippen LogP contribution is -2.40. The van der Waals surface area contributed by atoms with Crippen molar-refractivity contribution < 1.29 is 19.1 Å². The Bertz CT molecular complexity index is 668. The molecule has 0 spiro atoms. The molecule has 0 bridgehead atoms. The highest BCUT2D eigenvalue weighted by Gasteiger charge is 2.31. The average Bonchev–Trinajstić information content (AvgIpc) is 2.96. The van der Waals surface area contributed by atoms with E-state index in [4.69, 9.17) is 4.74 Å². The zero-order valence-corrected chi connectivity index (χ0v) is 13.1. The van der Waals surface area contributed by atoms with Crippen molar-refractivity contribution in [3.8, 4) is 5.75 Å². The first-order chi connectivity index (χ1) is 10.8. The van der Waals surface area contributed by atoms with Gasteiger partial charge in [-0.25, -0.2) is 4.79 Å². The van der Waals surface area contributed by atoms with E-state index in [0.717, 1.165) is 28.2 Å². The van der Waals surface area contributed by atoms with Gasteiger partial charge in [0.25, 0.3) is 5.91 Å². The Labute approximate surface area is 134 Å². The average molecular weight is 317 g/mol. The number of fused-ring (bicyclic) bond motifs is 1. The van der Waals surface area contributed by atoms with Crippen molar-refractivity contribution in [2.24, 2.45) is 0 Å². The van der Waals surface area contributed by atoms with E-state index in [1.807, 2.05) is 32.0 Å². The fourth-order valence-corrected chi connectivity index (χ4v) is 2.79. The molecule has 7 nitrogen and oxygen atoms in total. The minimum absolute atomic E-state index is 0.0489. The fraction of sp³-hybridized carbons (Fsp3) is 0.438. The number of benzene rings is 1. The summed E-state index contributed by atoms with van der Waals surface area (Å²) in [5, 5.41) is 5.10. The van der Waals surface area contributed by atoms with Crippen LogP contribution in [0.4, 0.5) is 4.79 Å². The number of rotatable bonds is 4. The van der Waals surface area contributed by atoms with Gasteiger partial charge in [-0.3, -0.25) is 14.5 Å². The van der Waals surface area contributed by atoms with Gasteiger partial charge in [0.05, 0.1) is 6.54 Å². The Hall–Kier alpha value is -2.57. The first kappa shape index (κ1) is 15.3. The molecule has 2 aliphatic rings. The van der Waals surface area contributed by atoms with Crippen molar-refractivity contribution >= 4 is 17.8 Å². The third-order valence-corrected chi connectivity index (χ3v) is 3.86. The lowest BCUT2D eigenvalue weighted by molar-refractivity contribution is -0.130. The topological polar surface area (TPSA) is 87.7 Å². The predicted octanol–water partition coefficient (Wildman–Crippen LogP) is 0.568. The number of amides is 4. The van der Waals surface area contributed by atoms with Crippen LogP contribution in [0, 0.1) is 0 Å². The molecule has 2 aliphatic heterocycles. The zero-order valence-electron chi connectivity index (χ0n) is 13.1. The Morgan fingerprint density at radius 1 is 1.39 bits per heavy atom. The SMILES string of the molecule is CC1(C)Cc2cc(CNC(=O)CN3C(=O)CNC3=O)ccc2O1. The minimum Gasteiger partial charge on any atom is -0.487 e. The molecule has 3 rings (SSSR count). The number of nitrogens with zero attached hydrogens (tertiary/aromatic N) is 1. The van der Waals surface area contributed by atoms with Crippen molar-refractivity contribution in [1.82, 2.24) is 15.5 Å². The molecule has 2 N–H and O–H groups in total. The van der Waals surface area contributed by atoms with Crippen LogP contribution in [0.25, 0.3) is 0 Å². The summed E-state index contributed by atoms with van der Waals surface area (Å²) < 4.78 is 5.81. The Morgan fingerprint density at radius 3 is 2.87 bits per heavy atom. The molecule has 4 amide bonds. The number of imide groups is 1. The highest BCUT2D eigenvalue weighted by Crippen LogP contribution is 2.35. The highest BCUT2D eigenvalue weighted by molar-refractivity contribution is 6.04. The molecular weight excluding hydrogens is 298 g/mol. The first-order valence-electron chi connectivity index (χ1n) is 7.50. The normalized spacial score (nSPS) is 18.4. The molecule has 0 unspecified atom stereocenters. The Kier molecular flexibility index (Phi) is 3.71. The monoisotopic (exact) mass is 317 g/mol. The van der Waals surface area contributed by atoms with Gasteiger partial charge in [0.1, 0.15) is 17.9 Å². The number of hydrogen-bond donors (Lipinski definition) is 2. The molecule has 23 heavy (non-hydrogen) atoms. The summed E-state index contributed by atoms with van der Waals surface area (Å²) in [6.45, 7) is 4.10. The van der Waals surface area contributed by atoms with Crippen LogP contribution in [-0.2, 0) is 22.6 Å². The van der Waals surface area contributed by atoms with E-state index in [9.17, 15) is 14.4 Å². The second-order valence-corrected chi connectivity index (χ2v) is 6.40. The van der Waals surface area contributed by atoms with E-state index in [-0.39, 0.29) is 30.5 Å². The Balaban J connectivity index is 1.56. The smallest absolute Gasteiger partial charge is 0.325 e. The molecule has 0 aromatic heterocycles. The molecule has 7 heteroatoms. The van der Waals surface area contributed by atoms with Gasteiger partial charge in [0, 0.05) is 13.0 Å². The van der Waals surface area contributed by atoms with Crippen LogP contribution in [-0.4, -0.2) is 41.4 Å². The van der Waals surface area contributed by atoms with E-state index >= 15 is 0 Å². The van der Waals surface area contributed by atoms with Crippen LogP contribution >= 0.6 is 0 Å². The highest BCUT2D eigenvalue weighted by atomic mass is 16.5. The quantitative estimate of drug-likeness (QED) is 0.795. The van der Waals surface area contributed by atoms with Crippen LogP contribution in [0.5, 0.6) is 5.75 Å². The molecule has 1 saturated heterocycles. The molecule has 0 radical (unpaired) electrons. The van der Waals surface area contributed by atoms with Gasteiger partial charge in [-0.15, -0.1) is 0 Å².